The van der Waals surface area contributed by atoms with Gasteiger partial charge in [-0.15, -0.1) is 0 Å². The second kappa shape index (κ2) is 13.7. The second-order valence-electron chi connectivity index (χ2n) is 17.8. The van der Waals surface area contributed by atoms with Crippen LogP contribution in [0, 0.1) is 22.7 Å². The Balaban J connectivity index is 1.44. The third-order valence-corrected chi connectivity index (χ3v) is 24.3. The molecule has 2 fully saturated rings. The molecule has 45 heavy (non-hydrogen) atoms. The zero-order chi connectivity index (χ0) is 33.6. The van der Waals surface area contributed by atoms with Crippen LogP contribution in [-0.2, 0) is 8.85 Å². The van der Waals surface area contributed by atoms with Crippen molar-refractivity contribution in [2.75, 3.05) is 5.75 Å². The molecular formula is C39H70O3SSi2. The smallest absolute Gasteiger partial charge is 0.192 e. The van der Waals surface area contributed by atoms with E-state index in [9.17, 15) is 5.11 Å². The normalized spacial score (nSPS) is 33.1. The highest BCUT2D eigenvalue weighted by molar-refractivity contribution is 8.00. The summed E-state index contributed by atoms with van der Waals surface area (Å²) in [6.07, 6.45) is 14.9. The monoisotopic (exact) mass is 674 g/mol. The molecule has 6 heteroatoms. The molecule has 1 N–H and O–H groups in total. The molecule has 7 atom stereocenters. The summed E-state index contributed by atoms with van der Waals surface area (Å²) in [5, 5.41) is 11.7. The maximum absolute atomic E-state index is 11.0. The lowest BCUT2D eigenvalue weighted by molar-refractivity contribution is -0.0417. The molecule has 1 unspecified atom stereocenters. The Bertz CT molecular complexity index is 1140. The van der Waals surface area contributed by atoms with E-state index in [1.807, 2.05) is 0 Å². The van der Waals surface area contributed by atoms with Gasteiger partial charge in [-0.1, -0.05) is 90.3 Å². The van der Waals surface area contributed by atoms with Crippen molar-refractivity contribution < 1.29 is 14.0 Å². The molecule has 0 bridgehead atoms. The Labute approximate surface area is 285 Å². The van der Waals surface area contributed by atoms with Crippen molar-refractivity contribution in [3.8, 4) is 0 Å². The number of thioether (sulfide) groups is 1. The van der Waals surface area contributed by atoms with Gasteiger partial charge in [0.25, 0.3) is 0 Å². The lowest BCUT2D eigenvalue weighted by Gasteiger charge is -2.58. The van der Waals surface area contributed by atoms with Crippen LogP contribution in [0.1, 0.15) is 121 Å². The minimum atomic E-state index is -1.99. The molecule has 0 radical (unpaired) electrons. The molecule has 0 aromatic rings. The molecule has 0 saturated heterocycles. The van der Waals surface area contributed by atoms with Gasteiger partial charge < -0.3 is 14.0 Å². The predicted molar refractivity (Wildman–Crippen MR) is 202 cm³/mol. The lowest BCUT2D eigenvalue weighted by Crippen LogP contribution is -2.57. The van der Waals surface area contributed by atoms with Crippen LogP contribution in [0.15, 0.2) is 34.9 Å². The average Bonchev–Trinajstić information content (AvgIpc) is 3.31. The first-order valence-corrected chi connectivity index (χ1v) is 25.1. The molecule has 0 spiro atoms. The number of aliphatic hydroxyl groups is 1. The molecule has 4 aliphatic rings. The summed E-state index contributed by atoms with van der Waals surface area (Å²) in [5.74, 6) is 2.31. The summed E-state index contributed by atoms with van der Waals surface area (Å²) >= 11 is 2.17. The molecular weight excluding hydrogens is 605 g/mol. The van der Waals surface area contributed by atoms with Crippen LogP contribution in [0.5, 0.6) is 0 Å². The predicted octanol–water partition coefficient (Wildman–Crippen LogP) is 11.5. The maximum Gasteiger partial charge on any atom is 0.192 e. The van der Waals surface area contributed by atoms with Gasteiger partial charge in [0.2, 0.25) is 0 Å². The molecule has 4 aliphatic carbocycles. The third-order valence-electron chi connectivity index (χ3n) is 13.7. The van der Waals surface area contributed by atoms with Gasteiger partial charge in [-0.2, -0.15) is 11.8 Å². The van der Waals surface area contributed by atoms with Crippen LogP contribution in [0.3, 0.4) is 0 Å². The standard InChI is InChI=1S/C39H70O3SSi2/c1-14-45(15-2,16-3)42-37(8,9)23-17-25-43-28(4)32-20-21-33-31-19-18-29-26-30(40)27-35(41-44(12,13)36(5,6)7)39(29,11)34(31)22-24-38(32,33)10/h18-20,28,30,33-35,40H,14-17,21-27H2,1-13H3/t28?,30-,33+,34+,35+,38-,39+/m1/s1. The quantitative estimate of drug-likeness (QED) is 0.120. The molecule has 0 heterocycles. The Morgan fingerprint density at radius 3 is 2.27 bits per heavy atom. The van der Waals surface area contributed by atoms with Gasteiger partial charge >= 0.3 is 0 Å². The minimum absolute atomic E-state index is 0.0165. The fourth-order valence-corrected chi connectivity index (χ4v) is 15.2. The minimum Gasteiger partial charge on any atom is -0.413 e. The number of aliphatic hydroxyl groups excluding tert-OH is 1. The van der Waals surface area contributed by atoms with E-state index in [2.05, 4.69) is 119 Å². The topological polar surface area (TPSA) is 38.7 Å². The van der Waals surface area contributed by atoms with Crippen LogP contribution in [0.25, 0.3) is 0 Å². The Morgan fingerprint density at radius 1 is 1.02 bits per heavy atom. The highest BCUT2D eigenvalue weighted by atomic mass is 32.2. The van der Waals surface area contributed by atoms with E-state index in [4.69, 9.17) is 8.85 Å². The van der Waals surface area contributed by atoms with E-state index in [-0.39, 0.29) is 33.7 Å². The van der Waals surface area contributed by atoms with Gasteiger partial charge in [0, 0.05) is 10.7 Å². The van der Waals surface area contributed by atoms with Gasteiger partial charge in [0.15, 0.2) is 16.6 Å². The fourth-order valence-electron chi connectivity index (χ4n) is 9.43. The van der Waals surface area contributed by atoms with Gasteiger partial charge in [-0.25, -0.2) is 0 Å². The summed E-state index contributed by atoms with van der Waals surface area (Å²) in [6, 6.07) is 3.68. The van der Waals surface area contributed by atoms with Crippen molar-refractivity contribution in [3.05, 3.63) is 34.9 Å². The Kier molecular flexibility index (Phi) is 11.4. The SMILES string of the molecule is CC[Si](CC)(CC)OC(C)(C)CCCSC(C)C1=CC[C@H]2C3=CC=C4C[C@@H](O)C[C@H](O[Si](C)(C)C(C)(C)C)[C@]4(C)[C@H]3CC[C@]12C. The maximum atomic E-state index is 11.0. The molecule has 2 saturated carbocycles. The van der Waals surface area contributed by atoms with Crippen LogP contribution in [0.2, 0.25) is 36.3 Å². The number of fused-ring (bicyclic) bond motifs is 5. The zero-order valence-corrected chi connectivity index (χ0v) is 34.4. The van der Waals surface area contributed by atoms with E-state index in [0.29, 0.717) is 17.1 Å². The summed E-state index contributed by atoms with van der Waals surface area (Å²) in [4.78, 5) is 0. The Morgan fingerprint density at radius 2 is 1.67 bits per heavy atom. The molecule has 0 aromatic heterocycles. The van der Waals surface area contributed by atoms with Gasteiger partial charge in [-0.3, -0.25) is 0 Å². The first-order valence-electron chi connectivity index (χ1n) is 18.6. The summed E-state index contributed by atoms with van der Waals surface area (Å²) in [6.45, 7) is 31.0. The molecule has 3 nitrogen and oxygen atoms in total. The van der Waals surface area contributed by atoms with E-state index < -0.39 is 16.6 Å². The van der Waals surface area contributed by atoms with Crippen molar-refractivity contribution in [2.24, 2.45) is 22.7 Å². The zero-order valence-electron chi connectivity index (χ0n) is 31.6. The molecule has 4 rings (SSSR count). The number of allylic oxidation sites excluding steroid dienone is 4. The van der Waals surface area contributed by atoms with Crippen molar-refractivity contribution >= 4 is 28.4 Å². The van der Waals surface area contributed by atoms with Gasteiger partial charge in [-0.05, 0) is 125 Å². The van der Waals surface area contributed by atoms with E-state index in [0.717, 1.165) is 19.3 Å². The van der Waals surface area contributed by atoms with Crippen LogP contribution in [-0.4, -0.2) is 50.6 Å². The van der Waals surface area contributed by atoms with Gasteiger partial charge in [0.1, 0.15) is 0 Å². The largest absolute Gasteiger partial charge is 0.413 e. The fraction of sp³-hybridized carbons (Fsp3) is 0.846. The molecule has 0 aromatic carbocycles. The highest BCUT2D eigenvalue weighted by Gasteiger charge is 2.58. The number of hydrogen-bond acceptors (Lipinski definition) is 4. The van der Waals surface area contributed by atoms with E-state index in [1.165, 1.54) is 55.1 Å². The summed E-state index contributed by atoms with van der Waals surface area (Å²) in [5.41, 5.74) is 5.02. The van der Waals surface area contributed by atoms with Crippen LogP contribution >= 0.6 is 11.8 Å². The lowest BCUT2D eigenvalue weighted by atomic mass is 9.49. The third kappa shape index (κ3) is 7.27. The van der Waals surface area contributed by atoms with E-state index in [1.54, 1.807) is 11.1 Å². The van der Waals surface area contributed by atoms with E-state index >= 15 is 0 Å². The van der Waals surface area contributed by atoms with Crippen molar-refractivity contribution in [1.29, 1.82) is 0 Å². The first-order chi connectivity index (χ1) is 20.8. The Hall–Kier alpha value is -0.116. The van der Waals surface area contributed by atoms with Crippen molar-refractivity contribution in [1.82, 2.24) is 0 Å². The van der Waals surface area contributed by atoms with Gasteiger partial charge in [0.05, 0.1) is 17.8 Å². The van der Waals surface area contributed by atoms with Crippen molar-refractivity contribution in [2.45, 2.75) is 180 Å². The van der Waals surface area contributed by atoms with Crippen LogP contribution < -0.4 is 0 Å². The average molecular weight is 675 g/mol. The summed E-state index contributed by atoms with van der Waals surface area (Å²) < 4.78 is 14.1. The molecule has 0 aliphatic heterocycles. The molecule has 258 valence electrons. The molecule has 0 amide bonds. The first kappa shape index (κ1) is 37.7. The number of rotatable bonds is 13. The highest BCUT2D eigenvalue weighted by Crippen LogP contribution is 2.65. The second-order valence-corrected chi connectivity index (χ2v) is 28.7. The van der Waals surface area contributed by atoms with Crippen LogP contribution in [0.4, 0.5) is 0 Å². The summed E-state index contributed by atoms with van der Waals surface area (Å²) in [7, 11) is -3.58. The van der Waals surface area contributed by atoms with Crippen molar-refractivity contribution in [3.63, 3.8) is 0 Å². The number of hydrogen-bond donors (Lipinski definition) is 1.